The van der Waals surface area contributed by atoms with Gasteiger partial charge in [0.15, 0.2) is 0 Å². The number of carboxylic acid groups (broad SMARTS) is 1. The Labute approximate surface area is 113 Å². The van der Waals surface area contributed by atoms with Crippen molar-refractivity contribution in [2.24, 2.45) is 5.92 Å². The molecule has 104 valence electrons. The van der Waals surface area contributed by atoms with E-state index in [1.165, 1.54) is 38.3 Å². The van der Waals surface area contributed by atoms with Crippen molar-refractivity contribution in [1.82, 2.24) is 9.97 Å². The van der Waals surface area contributed by atoms with Crippen LogP contribution in [0, 0.1) is 12.8 Å². The molecular formula is C14H21N3O2. The predicted molar refractivity (Wildman–Crippen MR) is 73.4 cm³/mol. The third-order valence-corrected chi connectivity index (χ3v) is 3.86. The highest BCUT2D eigenvalue weighted by molar-refractivity contribution is 5.92. The zero-order valence-corrected chi connectivity index (χ0v) is 11.5. The molecule has 1 aromatic rings. The lowest BCUT2D eigenvalue weighted by Crippen LogP contribution is -2.29. The summed E-state index contributed by atoms with van der Waals surface area (Å²) in [4.78, 5) is 19.3. The molecule has 0 saturated heterocycles. The van der Waals surface area contributed by atoms with E-state index in [1.807, 2.05) is 0 Å². The number of carboxylic acids is 1. The van der Waals surface area contributed by atoms with Gasteiger partial charge in [-0.25, -0.2) is 14.8 Å². The third-order valence-electron chi connectivity index (χ3n) is 3.86. The van der Waals surface area contributed by atoms with Crippen LogP contribution in [0.2, 0.25) is 0 Å². The van der Waals surface area contributed by atoms with Crippen molar-refractivity contribution in [2.75, 3.05) is 5.32 Å². The van der Waals surface area contributed by atoms with Gasteiger partial charge in [-0.3, -0.25) is 0 Å². The summed E-state index contributed by atoms with van der Waals surface area (Å²) in [5.41, 5.74) is 0.147. The summed E-state index contributed by atoms with van der Waals surface area (Å²) in [6.07, 6.45) is 7.65. The molecule has 1 heterocycles. The minimum Gasteiger partial charge on any atom is -0.477 e. The fraction of sp³-hybridized carbons (Fsp3) is 0.643. The van der Waals surface area contributed by atoms with E-state index in [9.17, 15) is 4.79 Å². The first kappa shape index (κ1) is 13.8. The molecule has 19 heavy (non-hydrogen) atoms. The Morgan fingerprint density at radius 1 is 1.42 bits per heavy atom. The summed E-state index contributed by atoms with van der Waals surface area (Å²) in [6, 6.07) is 0.243. The molecule has 1 aliphatic rings. The Hall–Kier alpha value is -1.65. The maximum atomic E-state index is 11.2. The Morgan fingerprint density at radius 3 is 2.74 bits per heavy atom. The number of anilines is 1. The lowest BCUT2D eigenvalue weighted by molar-refractivity contribution is 0.0697. The lowest BCUT2D eigenvalue weighted by Gasteiger charge is -2.29. The number of hydrogen-bond acceptors (Lipinski definition) is 4. The van der Waals surface area contributed by atoms with Gasteiger partial charge in [0.05, 0.1) is 0 Å². The standard InChI is InChI=1S/C14H21N3O2/c1-9(11-6-4-3-5-7-11)16-13-12(14(18)19)8-15-10(2)17-13/h8-9,11H,3-7H2,1-2H3,(H,18,19)(H,15,16,17). The van der Waals surface area contributed by atoms with Gasteiger partial charge in [0.1, 0.15) is 17.2 Å². The molecule has 1 aliphatic carbocycles. The topological polar surface area (TPSA) is 75.1 Å². The Morgan fingerprint density at radius 2 is 2.11 bits per heavy atom. The summed E-state index contributed by atoms with van der Waals surface area (Å²) in [5.74, 6) is 0.644. The Balaban J connectivity index is 2.12. The summed E-state index contributed by atoms with van der Waals surface area (Å²) in [5, 5.41) is 12.4. The van der Waals surface area contributed by atoms with Crippen molar-refractivity contribution < 1.29 is 9.90 Å². The van der Waals surface area contributed by atoms with E-state index >= 15 is 0 Å². The van der Waals surface area contributed by atoms with Gasteiger partial charge in [0, 0.05) is 12.2 Å². The Kier molecular flexibility index (Phi) is 4.35. The van der Waals surface area contributed by atoms with Crippen LogP contribution in [0.4, 0.5) is 5.82 Å². The first-order valence-corrected chi connectivity index (χ1v) is 6.91. The number of hydrogen-bond donors (Lipinski definition) is 2. The van der Waals surface area contributed by atoms with Crippen LogP contribution < -0.4 is 5.32 Å². The number of aromatic nitrogens is 2. The molecule has 1 aromatic heterocycles. The Bertz CT molecular complexity index is 456. The molecule has 5 nitrogen and oxygen atoms in total. The van der Waals surface area contributed by atoms with E-state index < -0.39 is 5.97 Å². The minimum atomic E-state index is -0.988. The van der Waals surface area contributed by atoms with E-state index in [0.29, 0.717) is 17.6 Å². The number of aromatic carboxylic acids is 1. The van der Waals surface area contributed by atoms with Crippen LogP contribution in [-0.4, -0.2) is 27.1 Å². The van der Waals surface area contributed by atoms with Crippen molar-refractivity contribution in [2.45, 2.75) is 52.0 Å². The van der Waals surface area contributed by atoms with Gasteiger partial charge in [-0.1, -0.05) is 19.3 Å². The quantitative estimate of drug-likeness (QED) is 0.873. The predicted octanol–water partition coefficient (Wildman–Crippen LogP) is 2.86. The second-order valence-electron chi connectivity index (χ2n) is 5.32. The van der Waals surface area contributed by atoms with Gasteiger partial charge >= 0.3 is 5.97 Å². The molecule has 1 saturated carbocycles. The fourth-order valence-electron chi connectivity index (χ4n) is 2.70. The zero-order chi connectivity index (χ0) is 13.8. The maximum Gasteiger partial charge on any atom is 0.341 e. The second-order valence-corrected chi connectivity index (χ2v) is 5.32. The van der Waals surface area contributed by atoms with Crippen molar-refractivity contribution in [3.8, 4) is 0 Å². The minimum absolute atomic E-state index is 0.147. The molecule has 2 rings (SSSR count). The van der Waals surface area contributed by atoms with Gasteiger partial charge in [0.25, 0.3) is 0 Å². The molecule has 1 atom stereocenters. The molecule has 1 fully saturated rings. The van der Waals surface area contributed by atoms with E-state index in [4.69, 9.17) is 5.11 Å². The van der Waals surface area contributed by atoms with Gasteiger partial charge < -0.3 is 10.4 Å². The van der Waals surface area contributed by atoms with Crippen LogP contribution in [0.3, 0.4) is 0 Å². The number of nitrogens with one attached hydrogen (secondary N) is 1. The van der Waals surface area contributed by atoms with Gasteiger partial charge in [-0.15, -0.1) is 0 Å². The van der Waals surface area contributed by atoms with Crippen LogP contribution in [-0.2, 0) is 0 Å². The van der Waals surface area contributed by atoms with Crippen molar-refractivity contribution in [3.05, 3.63) is 17.6 Å². The molecule has 0 aliphatic heterocycles. The summed E-state index contributed by atoms with van der Waals surface area (Å²) < 4.78 is 0. The molecule has 1 unspecified atom stereocenters. The molecule has 0 spiro atoms. The number of nitrogens with zero attached hydrogens (tertiary/aromatic N) is 2. The molecule has 0 aromatic carbocycles. The first-order valence-electron chi connectivity index (χ1n) is 6.91. The number of carbonyl (C=O) groups is 1. The van der Waals surface area contributed by atoms with Crippen LogP contribution in [0.5, 0.6) is 0 Å². The van der Waals surface area contributed by atoms with Crippen molar-refractivity contribution >= 4 is 11.8 Å². The normalized spacial score (nSPS) is 18.0. The summed E-state index contributed by atoms with van der Waals surface area (Å²) >= 11 is 0. The van der Waals surface area contributed by atoms with Crippen LogP contribution in [0.1, 0.15) is 55.2 Å². The van der Waals surface area contributed by atoms with E-state index in [0.717, 1.165) is 0 Å². The number of rotatable bonds is 4. The van der Waals surface area contributed by atoms with Crippen LogP contribution in [0.15, 0.2) is 6.20 Å². The third kappa shape index (κ3) is 3.43. The van der Waals surface area contributed by atoms with Gasteiger partial charge in [-0.2, -0.15) is 0 Å². The number of aryl methyl sites for hydroxylation is 1. The molecule has 0 amide bonds. The van der Waals surface area contributed by atoms with Crippen LogP contribution >= 0.6 is 0 Å². The van der Waals surface area contributed by atoms with Crippen LogP contribution in [0.25, 0.3) is 0 Å². The SMILES string of the molecule is Cc1ncc(C(=O)O)c(NC(C)C2CCCCC2)n1. The highest BCUT2D eigenvalue weighted by Gasteiger charge is 2.22. The highest BCUT2D eigenvalue weighted by Crippen LogP contribution is 2.28. The average Bonchev–Trinajstić information content (AvgIpc) is 2.39. The monoisotopic (exact) mass is 263 g/mol. The largest absolute Gasteiger partial charge is 0.477 e. The second kappa shape index (κ2) is 5.99. The van der Waals surface area contributed by atoms with E-state index in [2.05, 4.69) is 22.2 Å². The zero-order valence-electron chi connectivity index (χ0n) is 11.5. The molecular weight excluding hydrogens is 242 g/mol. The van der Waals surface area contributed by atoms with Crippen molar-refractivity contribution in [1.29, 1.82) is 0 Å². The maximum absolute atomic E-state index is 11.2. The molecule has 0 radical (unpaired) electrons. The smallest absolute Gasteiger partial charge is 0.341 e. The lowest BCUT2D eigenvalue weighted by atomic mass is 9.84. The fourth-order valence-corrected chi connectivity index (χ4v) is 2.70. The average molecular weight is 263 g/mol. The molecule has 5 heteroatoms. The van der Waals surface area contributed by atoms with Gasteiger partial charge in [-0.05, 0) is 32.6 Å². The first-order chi connectivity index (χ1) is 9.08. The summed E-state index contributed by atoms with van der Waals surface area (Å²) in [6.45, 7) is 3.88. The molecule has 0 bridgehead atoms. The molecule has 2 N–H and O–H groups in total. The summed E-state index contributed by atoms with van der Waals surface area (Å²) in [7, 11) is 0. The van der Waals surface area contributed by atoms with E-state index in [1.54, 1.807) is 6.92 Å². The van der Waals surface area contributed by atoms with E-state index in [-0.39, 0.29) is 11.6 Å². The van der Waals surface area contributed by atoms with Gasteiger partial charge in [0.2, 0.25) is 0 Å². The highest BCUT2D eigenvalue weighted by atomic mass is 16.4. The van der Waals surface area contributed by atoms with Crippen molar-refractivity contribution in [3.63, 3.8) is 0 Å².